The van der Waals surface area contributed by atoms with Crippen molar-refractivity contribution in [3.8, 4) is 0 Å². The van der Waals surface area contributed by atoms with E-state index >= 15 is 0 Å². The van der Waals surface area contributed by atoms with Crippen molar-refractivity contribution in [2.75, 3.05) is 5.75 Å². The van der Waals surface area contributed by atoms with E-state index in [4.69, 9.17) is 10.3 Å². The molecule has 0 radical (unpaired) electrons. The van der Waals surface area contributed by atoms with Gasteiger partial charge in [0, 0.05) is 5.92 Å². The Labute approximate surface area is 123 Å². The highest BCUT2D eigenvalue weighted by atomic mass is 32.2. The molecule has 1 aromatic carbocycles. The van der Waals surface area contributed by atoms with Gasteiger partial charge >= 0.3 is 0 Å². The number of hydrogen-bond acceptors (Lipinski definition) is 6. The molecule has 0 amide bonds. The summed E-state index contributed by atoms with van der Waals surface area (Å²) in [4.78, 5) is 4.61. The van der Waals surface area contributed by atoms with Crippen LogP contribution in [0.2, 0.25) is 0 Å². The molecule has 7 heteroatoms. The van der Waals surface area contributed by atoms with Gasteiger partial charge in [0.15, 0.2) is 15.7 Å². The van der Waals surface area contributed by atoms with E-state index < -0.39 is 15.4 Å². The first-order valence-corrected chi connectivity index (χ1v) is 8.45. The van der Waals surface area contributed by atoms with Crippen LogP contribution in [0.1, 0.15) is 43.5 Å². The monoisotopic (exact) mass is 307 g/mol. The third kappa shape index (κ3) is 2.16. The lowest BCUT2D eigenvalue weighted by Gasteiger charge is -2.32. The van der Waals surface area contributed by atoms with E-state index in [0.29, 0.717) is 17.3 Å². The number of benzene rings is 1. The Morgan fingerprint density at radius 3 is 2.71 bits per heavy atom. The smallest absolute Gasteiger partial charge is 0.229 e. The molecule has 2 heterocycles. The summed E-state index contributed by atoms with van der Waals surface area (Å²) < 4.78 is 29.6. The number of aromatic nitrogens is 2. The molecule has 2 N–H and O–H groups in total. The zero-order valence-corrected chi connectivity index (χ0v) is 12.7. The van der Waals surface area contributed by atoms with E-state index in [-0.39, 0.29) is 23.0 Å². The van der Waals surface area contributed by atoms with Crippen LogP contribution in [0, 0.1) is 0 Å². The molecule has 1 aliphatic rings. The summed E-state index contributed by atoms with van der Waals surface area (Å²) in [6.45, 7) is 3.89. The standard InChI is InChI=1S/C14H17N3O3S/c1-9(2)12-16-13(17-20-12)14(15)7-8-21(18,19)11-6-4-3-5-10(11)14/h3-6,9H,7-8,15H2,1-2H3. The minimum atomic E-state index is -3.30. The van der Waals surface area contributed by atoms with Gasteiger partial charge in [0.1, 0.15) is 5.54 Å². The van der Waals surface area contributed by atoms with Gasteiger partial charge in [0.05, 0.1) is 10.6 Å². The van der Waals surface area contributed by atoms with Crippen molar-refractivity contribution >= 4 is 9.84 Å². The van der Waals surface area contributed by atoms with Crippen molar-refractivity contribution < 1.29 is 12.9 Å². The molecule has 1 aliphatic heterocycles. The Morgan fingerprint density at radius 1 is 1.33 bits per heavy atom. The molecule has 112 valence electrons. The Bertz CT molecular complexity index is 782. The third-order valence-electron chi connectivity index (χ3n) is 3.80. The summed E-state index contributed by atoms with van der Waals surface area (Å²) in [5.41, 5.74) is 5.98. The predicted octanol–water partition coefficient (Wildman–Crippen LogP) is 1.57. The Balaban J connectivity index is 2.17. The second kappa shape index (κ2) is 4.64. The molecule has 0 fully saturated rings. The zero-order chi connectivity index (χ0) is 15.3. The fourth-order valence-electron chi connectivity index (χ4n) is 2.53. The first kappa shape index (κ1) is 14.2. The van der Waals surface area contributed by atoms with Gasteiger partial charge < -0.3 is 10.3 Å². The van der Waals surface area contributed by atoms with Crippen LogP contribution < -0.4 is 5.73 Å². The molecule has 0 saturated carbocycles. The molecule has 6 nitrogen and oxygen atoms in total. The third-order valence-corrected chi connectivity index (χ3v) is 5.57. The molecular formula is C14H17N3O3S. The van der Waals surface area contributed by atoms with E-state index in [2.05, 4.69) is 10.1 Å². The lowest BCUT2D eigenvalue weighted by Crippen LogP contribution is -2.45. The first-order valence-electron chi connectivity index (χ1n) is 6.80. The van der Waals surface area contributed by atoms with Crippen LogP contribution in [0.5, 0.6) is 0 Å². The van der Waals surface area contributed by atoms with Crippen molar-refractivity contribution in [2.24, 2.45) is 5.73 Å². The minimum absolute atomic E-state index is 0.0218. The number of hydrogen-bond donors (Lipinski definition) is 1. The van der Waals surface area contributed by atoms with Crippen molar-refractivity contribution in [3.05, 3.63) is 41.5 Å². The average molecular weight is 307 g/mol. The largest absolute Gasteiger partial charge is 0.339 e. The maximum atomic E-state index is 12.2. The molecule has 2 aromatic rings. The maximum Gasteiger partial charge on any atom is 0.229 e. The summed E-state index contributed by atoms with van der Waals surface area (Å²) >= 11 is 0. The first-order chi connectivity index (χ1) is 9.84. The molecule has 21 heavy (non-hydrogen) atoms. The van der Waals surface area contributed by atoms with Gasteiger partial charge in [-0.05, 0) is 18.1 Å². The summed E-state index contributed by atoms with van der Waals surface area (Å²) in [6, 6.07) is 6.76. The van der Waals surface area contributed by atoms with Crippen molar-refractivity contribution in [1.82, 2.24) is 10.1 Å². The van der Waals surface area contributed by atoms with Crippen LogP contribution in [0.15, 0.2) is 33.7 Å². The van der Waals surface area contributed by atoms with Gasteiger partial charge in [-0.2, -0.15) is 4.98 Å². The van der Waals surface area contributed by atoms with Crippen LogP contribution in [0.25, 0.3) is 0 Å². The molecule has 1 atom stereocenters. The number of nitrogens with zero attached hydrogens (tertiary/aromatic N) is 2. The summed E-state index contributed by atoms with van der Waals surface area (Å²) in [5, 5.41) is 3.97. The quantitative estimate of drug-likeness (QED) is 0.904. The van der Waals surface area contributed by atoms with Crippen LogP contribution >= 0.6 is 0 Å². The van der Waals surface area contributed by atoms with E-state index in [9.17, 15) is 8.42 Å². The van der Waals surface area contributed by atoms with Gasteiger partial charge in [0.25, 0.3) is 0 Å². The SMILES string of the molecule is CC(C)c1nc(C2(N)CCS(=O)(=O)c3ccccc32)no1. The number of sulfone groups is 1. The second-order valence-corrected chi connectivity index (χ2v) is 7.72. The molecule has 1 aromatic heterocycles. The van der Waals surface area contributed by atoms with Crippen LogP contribution in [-0.4, -0.2) is 24.3 Å². The normalized spacial score (nSPS) is 24.0. The van der Waals surface area contributed by atoms with Gasteiger partial charge in [-0.25, -0.2) is 8.42 Å². The summed E-state index contributed by atoms with van der Waals surface area (Å²) in [7, 11) is -3.30. The van der Waals surface area contributed by atoms with Gasteiger partial charge in [-0.15, -0.1) is 0 Å². The number of nitrogens with two attached hydrogens (primary N) is 1. The fraction of sp³-hybridized carbons (Fsp3) is 0.429. The Morgan fingerprint density at radius 2 is 2.05 bits per heavy atom. The molecule has 0 bridgehead atoms. The molecule has 3 rings (SSSR count). The molecule has 0 spiro atoms. The molecule has 1 unspecified atom stereocenters. The van der Waals surface area contributed by atoms with E-state index in [0.717, 1.165) is 0 Å². The molecular weight excluding hydrogens is 290 g/mol. The van der Waals surface area contributed by atoms with Crippen molar-refractivity contribution in [1.29, 1.82) is 0 Å². The van der Waals surface area contributed by atoms with Crippen molar-refractivity contribution in [3.63, 3.8) is 0 Å². The maximum absolute atomic E-state index is 12.2. The highest BCUT2D eigenvalue weighted by Gasteiger charge is 2.43. The molecule has 0 saturated heterocycles. The summed E-state index contributed by atoms with van der Waals surface area (Å²) in [6.07, 6.45) is 0.239. The average Bonchev–Trinajstić information content (AvgIpc) is 2.94. The van der Waals surface area contributed by atoms with E-state index in [1.165, 1.54) is 0 Å². The second-order valence-electron chi connectivity index (χ2n) is 5.65. The predicted molar refractivity (Wildman–Crippen MR) is 76.5 cm³/mol. The van der Waals surface area contributed by atoms with Crippen LogP contribution in [0.3, 0.4) is 0 Å². The minimum Gasteiger partial charge on any atom is -0.339 e. The van der Waals surface area contributed by atoms with Gasteiger partial charge in [-0.3, -0.25) is 0 Å². The highest BCUT2D eigenvalue weighted by molar-refractivity contribution is 7.91. The van der Waals surface area contributed by atoms with Crippen LogP contribution in [0.4, 0.5) is 0 Å². The topological polar surface area (TPSA) is 99.1 Å². The van der Waals surface area contributed by atoms with E-state index in [1.54, 1.807) is 24.3 Å². The lowest BCUT2D eigenvalue weighted by molar-refractivity contribution is 0.347. The lowest BCUT2D eigenvalue weighted by atomic mass is 9.87. The van der Waals surface area contributed by atoms with Gasteiger partial charge in [-0.1, -0.05) is 37.2 Å². The Hall–Kier alpha value is -1.73. The highest BCUT2D eigenvalue weighted by Crippen LogP contribution is 2.38. The molecule has 0 aliphatic carbocycles. The fourth-order valence-corrected chi connectivity index (χ4v) is 4.21. The summed E-state index contributed by atoms with van der Waals surface area (Å²) in [5.74, 6) is 0.915. The number of fused-ring (bicyclic) bond motifs is 1. The number of rotatable bonds is 2. The van der Waals surface area contributed by atoms with Gasteiger partial charge in [0.2, 0.25) is 5.89 Å². The van der Waals surface area contributed by atoms with E-state index in [1.807, 2.05) is 13.8 Å². The Kier molecular flexibility index (Phi) is 3.14. The zero-order valence-electron chi connectivity index (χ0n) is 11.9. The van der Waals surface area contributed by atoms with Crippen LogP contribution in [-0.2, 0) is 15.4 Å². The van der Waals surface area contributed by atoms with Crippen molar-refractivity contribution in [2.45, 2.75) is 36.6 Å².